The minimum absolute atomic E-state index is 0.417. The summed E-state index contributed by atoms with van der Waals surface area (Å²) in [4.78, 5) is 11.1. The summed E-state index contributed by atoms with van der Waals surface area (Å²) in [6.07, 6.45) is 2.53. The second-order valence-corrected chi connectivity index (χ2v) is 4.87. The van der Waals surface area contributed by atoms with E-state index in [2.05, 4.69) is 0 Å². The van der Waals surface area contributed by atoms with E-state index in [-0.39, 0.29) is 0 Å². The monoisotopic (exact) mass is 166 g/mol. The standard InChI is InChI=1S/C10H14O2/c1-6(11)9-7-2-10(3-8(7)9)4-12-5-10/h7-9H,2-5H2,1H3/t7-,8+,9?. The molecule has 2 saturated carbocycles. The molecule has 1 heterocycles. The van der Waals surface area contributed by atoms with Crippen LogP contribution in [0.5, 0.6) is 0 Å². The zero-order valence-electron chi connectivity index (χ0n) is 7.38. The highest BCUT2D eigenvalue weighted by Gasteiger charge is 2.64. The zero-order chi connectivity index (χ0) is 8.34. The van der Waals surface area contributed by atoms with Crippen molar-refractivity contribution in [1.82, 2.24) is 0 Å². The Morgan fingerprint density at radius 1 is 1.33 bits per heavy atom. The van der Waals surface area contributed by atoms with Crippen molar-refractivity contribution in [3.05, 3.63) is 0 Å². The van der Waals surface area contributed by atoms with Gasteiger partial charge in [-0.1, -0.05) is 0 Å². The van der Waals surface area contributed by atoms with Crippen LogP contribution in [0.4, 0.5) is 0 Å². The van der Waals surface area contributed by atoms with Crippen LogP contribution in [-0.2, 0) is 9.53 Å². The minimum atomic E-state index is 0.417. The van der Waals surface area contributed by atoms with Gasteiger partial charge in [0.1, 0.15) is 5.78 Å². The first-order valence-corrected chi connectivity index (χ1v) is 4.80. The van der Waals surface area contributed by atoms with Crippen LogP contribution in [0.15, 0.2) is 0 Å². The van der Waals surface area contributed by atoms with E-state index in [1.165, 1.54) is 12.8 Å². The predicted molar refractivity (Wildman–Crippen MR) is 43.6 cm³/mol. The fourth-order valence-corrected chi connectivity index (χ4v) is 3.31. The Kier molecular flexibility index (Phi) is 1.13. The third kappa shape index (κ3) is 0.717. The molecule has 0 N–H and O–H groups in total. The molecule has 2 nitrogen and oxygen atoms in total. The number of carbonyl (C=O) groups is 1. The second-order valence-electron chi connectivity index (χ2n) is 4.87. The lowest BCUT2D eigenvalue weighted by molar-refractivity contribution is -0.126. The van der Waals surface area contributed by atoms with Gasteiger partial charge in [-0.25, -0.2) is 0 Å². The summed E-state index contributed by atoms with van der Waals surface area (Å²) in [5.41, 5.74) is 0.529. The van der Waals surface area contributed by atoms with Gasteiger partial charge in [-0.05, 0) is 31.6 Å². The van der Waals surface area contributed by atoms with Gasteiger partial charge in [0.25, 0.3) is 0 Å². The molecule has 3 rings (SSSR count). The summed E-state index contributed by atoms with van der Waals surface area (Å²) >= 11 is 0. The molecule has 66 valence electrons. The average Bonchev–Trinajstić information content (AvgIpc) is 2.46. The van der Waals surface area contributed by atoms with E-state index in [1.807, 2.05) is 0 Å². The van der Waals surface area contributed by atoms with Crippen LogP contribution in [-0.4, -0.2) is 19.0 Å². The van der Waals surface area contributed by atoms with Gasteiger partial charge in [0.15, 0.2) is 0 Å². The minimum Gasteiger partial charge on any atom is -0.380 e. The zero-order valence-corrected chi connectivity index (χ0v) is 7.38. The van der Waals surface area contributed by atoms with Crippen LogP contribution in [0.1, 0.15) is 19.8 Å². The Hall–Kier alpha value is -0.370. The summed E-state index contributed by atoms with van der Waals surface area (Å²) in [7, 11) is 0. The Bertz CT molecular complexity index is 228. The maximum atomic E-state index is 11.1. The van der Waals surface area contributed by atoms with E-state index in [4.69, 9.17) is 4.74 Å². The van der Waals surface area contributed by atoms with Crippen molar-refractivity contribution in [1.29, 1.82) is 0 Å². The van der Waals surface area contributed by atoms with E-state index in [9.17, 15) is 4.79 Å². The quantitative estimate of drug-likeness (QED) is 0.586. The van der Waals surface area contributed by atoms with Gasteiger partial charge in [-0.3, -0.25) is 4.79 Å². The normalized spacial score (nSPS) is 46.9. The number of fused-ring (bicyclic) bond motifs is 1. The van der Waals surface area contributed by atoms with Crippen LogP contribution in [0.25, 0.3) is 0 Å². The lowest BCUT2D eigenvalue weighted by atomic mass is 9.79. The molecule has 2 aliphatic carbocycles. The molecule has 1 unspecified atom stereocenters. The molecule has 0 aromatic heterocycles. The molecule has 12 heavy (non-hydrogen) atoms. The van der Waals surface area contributed by atoms with Crippen molar-refractivity contribution in [3.63, 3.8) is 0 Å². The Morgan fingerprint density at radius 3 is 2.25 bits per heavy atom. The van der Waals surface area contributed by atoms with Crippen molar-refractivity contribution in [2.45, 2.75) is 19.8 Å². The molecule has 0 amide bonds. The van der Waals surface area contributed by atoms with Crippen LogP contribution in [0, 0.1) is 23.2 Å². The highest BCUT2D eigenvalue weighted by atomic mass is 16.5. The Labute approximate surface area is 72.3 Å². The fourth-order valence-electron chi connectivity index (χ4n) is 3.31. The average molecular weight is 166 g/mol. The summed E-state index contributed by atoms with van der Waals surface area (Å²) in [5, 5.41) is 0. The molecule has 1 saturated heterocycles. The van der Waals surface area contributed by atoms with Crippen molar-refractivity contribution >= 4 is 5.78 Å². The molecule has 0 radical (unpaired) electrons. The maximum absolute atomic E-state index is 11.1. The van der Waals surface area contributed by atoms with E-state index in [0.717, 1.165) is 25.0 Å². The van der Waals surface area contributed by atoms with Crippen LogP contribution >= 0.6 is 0 Å². The Balaban J connectivity index is 1.69. The summed E-state index contributed by atoms with van der Waals surface area (Å²) in [6, 6.07) is 0. The number of hydrogen-bond acceptors (Lipinski definition) is 2. The summed E-state index contributed by atoms with van der Waals surface area (Å²) < 4.78 is 5.24. The van der Waals surface area contributed by atoms with Gasteiger partial charge in [-0.15, -0.1) is 0 Å². The molecule has 0 aromatic carbocycles. The molecule has 3 fully saturated rings. The lowest BCUT2D eigenvalue weighted by Gasteiger charge is -2.39. The van der Waals surface area contributed by atoms with Crippen molar-refractivity contribution in [2.24, 2.45) is 23.2 Å². The van der Waals surface area contributed by atoms with Crippen molar-refractivity contribution < 1.29 is 9.53 Å². The SMILES string of the molecule is CC(=O)C1[C@H]2CC3(COC3)C[C@@H]12. The third-order valence-electron chi connectivity index (χ3n) is 3.95. The van der Waals surface area contributed by atoms with E-state index < -0.39 is 0 Å². The number of ether oxygens (including phenoxy) is 1. The number of Topliss-reactive ketones (excluding diaryl/α,β-unsaturated/α-hetero) is 1. The first-order chi connectivity index (χ1) is 5.72. The fraction of sp³-hybridized carbons (Fsp3) is 0.900. The van der Waals surface area contributed by atoms with Crippen LogP contribution in [0.2, 0.25) is 0 Å². The molecule has 3 atom stereocenters. The van der Waals surface area contributed by atoms with E-state index in [0.29, 0.717) is 17.1 Å². The highest BCUT2D eigenvalue weighted by molar-refractivity contribution is 5.82. The number of carbonyl (C=O) groups excluding carboxylic acids is 1. The smallest absolute Gasteiger partial charge is 0.133 e. The van der Waals surface area contributed by atoms with Crippen molar-refractivity contribution in [2.75, 3.05) is 13.2 Å². The van der Waals surface area contributed by atoms with E-state index >= 15 is 0 Å². The lowest BCUT2D eigenvalue weighted by Crippen LogP contribution is -2.41. The molecule has 1 aliphatic heterocycles. The van der Waals surface area contributed by atoms with Gasteiger partial charge < -0.3 is 4.74 Å². The molecule has 3 aliphatic rings. The number of ketones is 1. The maximum Gasteiger partial charge on any atom is 0.133 e. The molecule has 0 aromatic rings. The molecule has 0 bridgehead atoms. The van der Waals surface area contributed by atoms with Gasteiger partial charge >= 0.3 is 0 Å². The largest absolute Gasteiger partial charge is 0.380 e. The Morgan fingerprint density at radius 2 is 1.92 bits per heavy atom. The van der Waals surface area contributed by atoms with Gasteiger partial charge in [-0.2, -0.15) is 0 Å². The topological polar surface area (TPSA) is 26.3 Å². The highest BCUT2D eigenvalue weighted by Crippen LogP contribution is 2.66. The van der Waals surface area contributed by atoms with Crippen LogP contribution < -0.4 is 0 Å². The molecule has 2 heteroatoms. The summed E-state index contributed by atoms with van der Waals surface area (Å²) in [6.45, 7) is 3.67. The third-order valence-corrected chi connectivity index (χ3v) is 3.95. The first-order valence-electron chi connectivity index (χ1n) is 4.80. The number of hydrogen-bond donors (Lipinski definition) is 0. The van der Waals surface area contributed by atoms with Gasteiger partial charge in [0.2, 0.25) is 0 Å². The molecular formula is C10H14O2. The molecular weight excluding hydrogens is 152 g/mol. The van der Waals surface area contributed by atoms with Crippen LogP contribution in [0.3, 0.4) is 0 Å². The number of rotatable bonds is 1. The van der Waals surface area contributed by atoms with Gasteiger partial charge in [0.05, 0.1) is 13.2 Å². The first kappa shape index (κ1) is 7.07. The molecule has 1 spiro atoms. The van der Waals surface area contributed by atoms with E-state index in [1.54, 1.807) is 6.92 Å². The predicted octanol–water partition coefficient (Wildman–Crippen LogP) is 1.25. The van der Waals surface area contributed by atoms with Gasteiger partial charge in [0, 0.05) is 11.3 Å². The summed E-state index contributed by atoms with van der Waals surface area (Å²) in [5.74, 6) is 2.34. The van der Waals surface area contributed by atoms with Crippen molar-refractivity contribution in [3.8, 4) is 0 Å². The second kappa shape index (κ2) is 1.92.